The van der Waals surface area contributed by atoms with E-state index in [1.807, 2.05) is 0 Å². The Morgan fingerprint density at radius 2 is 1.41 bits per heavy atom. The fourth-order valence-electron chi connectivity index (χ4n) is 2.91. The molecule has 0 aliphatic carbocycles. The van der Waals surface area contributed by atoms with Gasteiger partial charge in [-0.25, -0.2) is 4.79 Å². The first-order valence-electron chi connectivity index (χ1n) is 11.2. The average molecular weight is 549 g/mol. The molecule has 0 fully saturated rings. The van der Waals surface area contributed by atoms with Gasteiger partial charge >= 0.3 is 11.9 Å². The van der Waals surface area contributed by atoms with Crippen LogP contribution in [0.15, 0.2) is 4.99 Å². The van der Waals surface area contributed by atoms with Crippen LogP contribution in [0.2, 0.25) is 0 Å². The predicted molar refractivity (Wildman–Crippen MR) is 135 cm³/mol. The average Bonchev–Trinajstić information content (AvgIpc) is 2.80. The number of thioether (sulfide) groups is 1. The molecule has 0 aromatic rings. The molecule has 0 bridgehead atoms. The molecule has 37 heavy (non-hydrogen) atoms. The molecule has 0 aliphatic heterocycles. The van der Waals surface area contributed by atoms with Crippen molar-refractivity contribution in [3.8, 4) is 0 Å². The van der Waals surface area contributed by atoms with E-state index in [0.717, 1.165) is 0 Å². The van der Waals surface area contributed by atoms with Crippen molar-refractivity contribution in [2.75, 3.05) is 18.6 Å². The van der Waals surface area contributed by atoms with Gasteiger partial charge in [-0.05, 0) is 37.7 Å². The van der Waals surface area contributed by atoms with Crippen LogP contribution in [0.25, 0.3) is 0 Å². The number of aliphatic carboxylic acids is 2. The van der Waals surface area contributed by atoms with E-state index in [4.69, 9.17) is 28.0 Å². The number of primary amides is 1. The summed E-state index contributed by atoms with van der Waals surface area (Å²) in [5.74, 6) is -5.97. The number of hydrogen-bond donors (Lipinski definition) is 9. The van der Waals surface area contributed by atoms with Crippen molar-refractivity contribution >= 4 is 53.3 Å². The highest BCUT2D eigenvalue weighted by Gasteiger charge is 2.31. The number of carboxylic acids is 2. The molecule has 0 radical (unpaired) electrons. The molecular formula is C20H36N8O8S. The molecule has 0 spiro atoms. The lowest BCUT2D eigenvalue weighted by Gasteiger charge is -2.24. The van der Waals surface area contributed by atoms with Crippen molar-refractivity contribution in [1.29, 1.82) is 0 Å². The van der Waals surface area contributed by atoms with Crippen molar-refractivity contribution in [2.24, 2.45) is 27.9 Å². The first-order valence-corrected chi connectivity index (χ1v) is 12.6. The van der Waals surface area contributed by atoms with Crippen LogP contribution in [0, 0.1) is 0 Å². The minimum Gasteiger partial charge on any atom is -0.481 e. The zero-order chi connectivity index (χ0) is 28.5. The molecule has 4 atom stereocenters. The lowest BCUT2D eigenvalue weighted by atomic mass is 10.1. The maximum absolute atomic E-state index is 12.9. The Balaban J connectivity index is 5.47. The number of rotatable bonds is 19. The Kier molecular flexibility index (Phi) is 16.0. The maximum Gasteiger partial charge on any atom is 0.326 e. The fraction of sp³-hybridized carbons (Fsp3) is 0.650. The van der Waals surface area contributed by atoms with Gasteiger partial charge in [0.25, 0.3) is 0 Å². The van der Waals surface area contributed by atoms with Gasteiger partial charge in [0.15, 0.2) is 5.96 Å². The SMILES string of the molecule is CSCCC(NC(=O)C(CCC(=O)O)NC(=O)C(CC(N)=O)NC(=O)C(N)CCCN=C(N)N)C(=O)O. The summed E-state index contributed by atoms with van der Waals surface area (Å²) in [6.07, 6.45) is 0.763. The Morgan fingerprint density at radius 1 is 0.838 bits per heavy atom. The van der Waals surface area contributed by atoms with Crippen molar-refractivity contribution in [3.63, 3.8) is 0 Å². The summed E-state index contributed by atoms with van der Waals surface area (Å²) in [4.78, 5) is 75.8. The monoisotopic (exact) mass is 548 g/mol. The number of guanidine groups is 1. The predicted octanol–water partition coefficient (Wildman–Crippen LogP) is -3.60. The molecule has 17 heteroatoms. The van der Waals surface area contributed by atoms with E-state index in [1.165, 1.54) is 11.8 Å². The molecule has 0 aliphatic rings. The van der Waals surface area contributed by atoms with Crippen LogP contribution in [-0.4, -0.2) is 94.5 Å². The minimum absolute atomic E-state index is 0.0866. The molecule has 13 N–H and O–H groups in total. The van der Waals surface area contributed by atoms with Crippen LogP contribution in [0.5, 0.6) is 0 Å². The molecule has 0 aromatic carbocycles. The number of carbonyl (C=O) groups is 6. The normalized spacial score (nSPS) is 13.8. The molecule has 16 nitrogen and oxygen atoms in total. The van der Waals surface area contributed by atoms with Crippen LogP contribution in [0.3, 0.4) is 0 Å². The van der Waals surface area contributed by atoms with E-state index in [9.17, 15) is 33.9 Å². The summed E-state index contributed by atoms with van der Waals surface area (Å²) in [6, 6.07) is -5.36. The molecule has 4 unspecified atom stereocenters. The second-order valence-corrected chi connectivity index (χ2v) is 8.95. The summed E-state index contributed by atoms with van der Waals surface area (Å²) in [5, 5.41) is 25.2. The van der Waals surface area contributed by atoms with Crippen LogP contribution >= 0.6 is 11.8 Å². The van der Waals surface area contributed by atoms with Crippen LogP contribution in [0.4, 0.5) is 0 Å². The smallest absolute Gasteiger partial charge is 0.326 e. The fourth-order valence-corrected chi connectivity index (χ4v) is 3.39. The highest BCUT2D eigenvalue weighted by molar-refractivity contribution is 7.98. The van der Waals surface area contributed by atoms with Gasteiger partial charge in [-0.2, -0.15) is 11.8 Å². The standard InChI is InChI=1S/C20H36N8O8S/c1-37-8-6-12(19(35)36)27-17(33)11(4-5-15(30)31)26-18(34)13(9-14(22)29)28-16(32)10(21)3-2-7-25-20(23)24/h10-13H,2-9,21H2,1H3,(H2,22,29)(H,26,34)(H,27,33)(H,28,32)(H,30,31)(H,35,36)(H4,23,24,25). The first kappa shape index (κ1) is 33.4. The number of aliphatic imine (C=N–C) groups is 1. The van der Waals surface area contributed by atoms with Crippen LogP contribution < -0.4 is 38.9 Å². The van der Waals surface area contributed by atoms with E-state index in [0.29, 0.717) is 12.2 Å². The molecule has 0 heterocycles. The summed E-state index contributed by atoms with van der Waals surface area (Å²) >= 11 is 1.36. The number of nitrogens with zero attached hydrogens (tertiary/aromatic N) is 1. The van der Waals surface area contributed by atoms with Gasteiger partial charge in [-0.1, -0.05) is 0 Å². The topological polar surface area (TPSA) is 295 Å². The largest absolute Gasteiger partial charge is 0.481 e. The van der Waals surface area contributed by atoms with Gasteiger partial charge in [0.2, 0.25) is 23.6 Å². The number of nitrogens with two attached hydrogens (primary N) is 4. The van der Waals surface area contributed by atoms with Crippen LogP contribution in [-0.2, 0) is 28.8 Å². The van der Waals surface area contributed by atoms with Gasteiger partial charge in [0.05, 0.1) is 12.5 Å². The van der Waals surface area contributed by atoms with E-state index < -0.39 is 72.6 Å². The highest BCUT2D eigenvalue weighted by Crippen LogP contribution is 2.06. The number of amides is 4. The third-order valence-electron chi connectivity index (χ3n) is 4.85. The summed E-state index contributed by atoms with van der Waals surface area (Å²) in [5.41, 5.74) is 21.4. The zero-order valence-electron chi connectivity index (χ0n) is 20.5. The van der Waals surface area contributed by atoms with E-state index >= 15 is 0 Å². The Labute approximate surface area is 217 Å². The van der Waals surface area contributed by atoms with Crippen molar-refractivity contribution in [2.45, 2.75) is 62.7 Å². The van der Waals surface area contributed by atoms with Crippen molar-refractivity contribution in [1.82, 2.24) is 16.0 Å². The maximum atomic E-state index is 12.9. The number of carbonyl (C=O) groups excluding carboxylic acids is 4. The van der Waals surface area contributed by atoms with E-state index in [-0.39, 0.29) is 31.8 Å². The zero-order valence-corrected chi connectivity index (χ0v) is 21.3. The van der Waals surface area contributed by atoms with Crippen molar-refractivity contribution < 1.29 is 39.0 Å². The van der Waals surface area contributed by atoms with Gasteiger partial charge in [-0.3, -0.25) is 29.0 Å². The molecule has 0 rings (SSSR count). The lowest BCUT2D eigenvalue weighted by molar-refractivity contribution is -0.143. The Morgan fingerprint density at radius 3 is 1.92 bits per heavy atom. The van der Waals surface area contributed by atoms with Crippen molar-refractivity contribution in [3.05, 3.63) is 0 Å². The molecule has 0 saturated carbocycles. The van der Waals surface area contributed by atoms with Gasteiger partial charge < -0.3 is 49.1 Å². The summed E-state index contributed by atoms with van der Waals surface area (Å²) < 4.78 is 0. The highest BCUT2D eigenvalue weighted by atomic mass is 32.2. The number of nitrogens with one attached hydrogen (secondary N) is 3. The number of carboxylic acid groups (broad SMARTS) is 2. The van der Waals surface area contributed by atoms with E-state index in [1.54, 1.807) is 6.26 Å². The second-order valence-electron chi connectivity index (χ2n) is 7.96. The summed E-state index contributed by atoms with van der Waals surface area (Å²) in [6.45, 7) is 0.211. The molecule has 4 amide bonds. The first-order chi connectivity index (χ1) is 17.3. The molecule has 0 saturated heterocycles. The Bertz CT molecular complexity index is 852. The van der Waals surface area contributed by atoms with Gasteiger partial charge in [0.1, 0.15) is 18.1 Å². The second kappa shape index (κ2) is 17.8. The van der Waals surface area contributed by atoms with Gasteiger partial charge in [-0.15, -0.1) is 0 Å². The summed E-state index contributed by atoms with van der Waals surface area (Å²) in [7, 11) is 0. The molecular weight excluding hydrogens is 512 g/mol. The lowest BCUT2D eigenvalue weighted by Crippen LogP contribution is -2.57. The number of hydrogen-bond acceptors (Lipinski definition) is 9. The van der Waals surface area contributed by atoms with Gasteiger partial charge in [0, 0.05) is 13.0 Å². The van der Waals surface area contributed by atoms with E-state index in [2.05, 4.69) is 20.9 Å². The third kappa shape index (κ3) is 15.2. The molecule has 210 valence electrons. The molecule has 0 aromatic heterocycles. The Hall–Kier alpha value is -3.60. The minimum atomic E-state index is -1.53. The quantitative estimate of drug-likeness (QED) is 0.0429. The van der Waals surface area contributed by atoms with Crippen LogP contribution in [0.1, 0.15) is 38.5 Å². The third-order valence-corrected chi connectivity index (χ3v) is 5.49.